The van der Waals surface area contributed by atoms with E-state index in [2.05, 4.69) is 22.0 Å². The van der Waals surface area contributed by atoms with E-state index in [1.165, 1.54) is 12.4 Å². The number of oxime groups is 1. The first kappa shape index (κ1) is 12.2. The lowest BCUT2D eigenvalue weighted by Gasteiger charge is -2.14. The number of nitrogens with zero attached hydrogens (tertiary/aromatic N) is 3. The van der Waals surface area contributed by atoms with Gasteiger partial charge in [-0.15, -0.1) is 0 Å². The number of nitrogens with two attached hydrogens (primary N) is 1. The number of amidine groups is 1. The molecule has 0 aliphatic rings. The molecule has 0 saturated carbocycles. The number of rotatable bonds is 5. The summed E-state index contributed by atoms with van der Waals surface area (Å²) < 4.78 is 5.56. The monoisotopic (exact) mass is 224 g/mol. The first-order valence-corrected chi connectivity index (χ1v) is 5.14. The highest BCUT2D eigenvalue weighted by molar-refractivity contribution is 5.97. The Labute approximate surface area is 94.2 Å². The first-order chi connectivity index (χ1) is 7.69. The van der Waals surface area contributed by atoms with E-state index in [1.807, 2.05) is 6.92 Å². The Morgan fingerprint density at radius 1 is 1.56 bits per heavy atom. The second kappa shape index (κ2) is 5.89. The lowest BCUT2D eigenvalue weighted by molar-refractivity contribution is 0.200. The van der Waals surface area contributed by atoms with Crippen molar-refractivity contribution in [2.75, 3.05) is 0 Å². The predicted octanol–water partition coefficient (Wildman–Crippen LogP) is 1.14. The van der Waals surface area contributed by atoms with Gasteiger partial charge in [0.05, 0.1) is 6.10 Å². The van der Waals surface area contributed by atoms with E-state index in [1.54, 1.807) is 0 Å². The molecule has 0 spiro atoms. The number of hydrogen-bond acceptors (Lipinski definition) is 5. The minimum Gasteiger partial charge on any atom is -0.473 e. The van der Waals surface area contributed by atoms with Crippen LogP contribution in [-0.2, 0) is 0 Å². The summed E-state index contributed by atoms with van der Waals surface area (Å²) >= 11 is 0. The van der Waals surface area contributed by atoms with Crippen molar-refractivity contribution in [1.29, 1.82) is 0 Å². The molecule has 1 heterocycles. The van der Waals surface area contributed by atoms with Gasteiger partial charge >= 0.3 is 0 Å². The van der Waals surface area contributed by atoms with Crippen LogP contribution in [0.2, 0.25) is 0 Å². The van der Waals surface area contributed by atoms with Crippen LogP contribution in [0.25, 0.3) is 0 Å². The number of aromatic nitrogens is 2. The van der Waals surface area contributed by atoms with E-state index in [4.69, 9.17) is 15.7 Å². The molecule has 0 saturated heterocycles. The standard InChI is InChI=1S/C10H16N4O2/c1-3-4-7(2)16-10-8(9(11)14-15)12-5-6-13-10/h5-7,15H,3-4H2,1-2H3,(H2,11,14). The SMILES string of the molecule is CCCC(C)Oc1nccnc1C(N)=NO. The van der Waals surface area contributed by atoms with Crippen molar-refractivity contribution in [1.82, 2.24) is 9.97 Å². The maximum absolute atomic E-state index is 8.59. The van der Waals surface area contributed by atoms with Crippen LogP contribution in [0.1, 0.15) is 32.4 Å². The van der Waals surface area contributed by atoms with Gasteiger partial charge in [-0.3, -0.25) is 0 Å². The second-order valence-corrected chi connectivity index (χ2v) is 3.41. The van der Waals surface area contributed by atoms with E-state index >= 15 is 0 Å². The van der Waals surface area contributed by atoms with Gasteiger partial charge in [0.1, 0.15) is 0 Å². The molecule has 88 valence electrons. The van der Waals surface area contributed by atoms with Crippen LogP contribution in [0, 0.1) is 0 Å². The molecule has 1 rings (SSSR count). The van der Waals surface area contributed by atoms with Crippen LogP contribution in [0.15, 0.2) is 17.5 Å². The van der Waals surface area contributed by atoms with Gasteiger partial charge in [-0.05, 0) is 13.3 Å². The fourth-order valence-corrected chi connectivity index (χ4v) is 1.29. The Morgan fingerprint density at radius 3 is 2.88 bits per heavy atom. The molecule has 0 aliphatic heterocycles. The maximum atomic E-state index is 8.59. The third kappa shape index (κ3) is 3.08. The molecule has 0 bridgehead atoms. The minimum absolute atomic E-state index is 0.0203. The molecule has 1 aromatic rings. The van der Waals surface area contributed by atoms with Crippen LogP contribution in [-0.4, -0.2) is 27.1 Å². The summed E-state index contributed by atoms with van der Waals surface area (Å²) in [6.07, 6.45) is 4.91. The molecule has 6 nitrogen and oxygen atoms in total. The predicted molar refractivity (Wildman–Crippen MR) is 59.5 cm³/mol. The average Bonchev–Trinajstić information content (AvgIpc) is 2.29. The fourth-order valence-electron chi connectivity index (χ4n) is 1.29. The largest absolute Gasteiger partial charge is 0.473 e. The summed E-state index contributed by atoms with van der Waals surface area (Å²) in [4.78, 5) is 7.97. The molecule has 3 N–H and O–H groups in total. The molecule has 0 fully saturated rings. The topological polar surface area (TPSA) is 93.6 Å². The van der Waals surface area contributed by atoms with Crippen LogP contribution < -0.4 is 10.5 Å². The van der Waals surface area contributed by atoms with Crippen molar-refractivity contribution in [2.24, 2.45) is 10.9 Å². The molecule has 1 unspecified atom stereocenters. The molecule has 16 heavy (non-hydrogen) atoms. The average molecular weight is 224 g/mol. The highest BCUT2D eigenvalue weighted by Gasteiger charge is 2.13. The number of hydrogen-bond donors (Lipinski definition) is 2. The molecule has 0 aromatic carbocycles. The molecule has 0 aliphatic carbocycles. The van der Waals surface area contributed by atoms with Crippen LogP contribution in [0.5, 0.6) is 5.88 Å². The van der Waals surface area contributed by atoms with Gasteiger partial charge in [-0.25, -0.2) is 9.97 Å². The van der Waals surface area contributed by atoms with Crippen molar-refractivity contribution in [3.8, 4) is 5.88 Å². The maximum Gasteiger partial charge on any atom is 0.244 e. The normalized spacial score (nSPS) is 13.5. The van der Waals surface area contributed by atoms with Crippen LogP contribution >= 0.6 is 0 Å². The summed E-state index contributed by atoms with van der Waals surface area (Å²) in [6.45, 7) is 4.01. The molecule has 0 amide bonds. The smallest absolute Gasteiger partial charge is 0.244 e. The summed E-state index contributed by atoms with van der Waals surface area (Å²) in [5, 5.41) is 11.5. The lowest BCUT2D eigenvalue weighted by Crippen LogP contribution is -2.20. The Hall–Kier alpha value is -1.85. The summed E-state index contributed by atoms with van der Waals surface area (Å²) in [6, 6.07) is 0. The molecular weight excluding hydrogens is 208 g/mol. The quantitative estimate of drug-likeness (QED) is 0.338. The van der Waals surface area contributed by atoms with Gasteiger partial charge in [0, 0.05) is 12.4 Å². The van der Waals surface area contributed by atoms with Crippen molar-refractivity contribution < 1.29 is 9.94 Å². The molecule has 0 radical (unpaired) electrons. The van der Waals surface area contributed by atoms with E-state index < -0.39 is 0 Å². The zero-order chi connectivity index (χ0) is 12.0. The Morgan fingerprint density at radius 2 is 2.25 bits per heavy atom. The fraction of sp³-hybridized carbons (Fsp3) is 0.500. The van der Waals surface area contributed by atoms with Gasteiger partial charge in [-0.1, -0.05) is 18.5 Å². The van der Waals surface area contributed by atoms with Crippen molar-refractivity contribution >= 4 is 5.84 Å². The molecule has 1 aromatic heterocycles. The lowest BCUT2D eigenvalue weighted by atomic mass is 10.2. The molecule has 1 atom stereocenters. The summed E-state index contributed by atoms with van der Waals surface area (Å²) in [5.41, 5.74) is 5.72. The zero-order valence-corrected chi connectivity index (χ0v) is 9.42. The van der Waals surface area contributed by atoms with Gasteiger partial charge in [0.25, 0.3) is 0 Å². The summed E-state index contributed by atoms with van der Waals surface area (Å²) in [5.74, 6) is 0.186. The van der Waals surface area contributed by atoms with Crippen LogP contribution in [0.3, 0.4) is 0 Å². The second-order valence-electron chi connectivity index (χ2n) is 3.41. The van der Waals surface area contributed by atoms with Gasteiger partial charge in [0.15, 0.2) is 11.5 Å². The van der Waals surface area contributed by atoms with E-state index in [0.29, 0.717) is 5.88 Å². The Balaban J connectivity index is 2.87. The third-order valence-corrected chi connectivity index (χ3v) is 2.02. The highest BCUT2D eigenvalue weighted by atomic mass is 16.5. The van der Waals surface area contributed by atoms with Crippen molar-refractivity contribution in [3.63, 3.8) is 0 Å². The molecular formula is C10H16N4O2. The van der Waals surface area contributed by atoms with Gasteiger partial charge in [0.2, 0.25) is 5.88 Å². The van der Waals surface area contributed by atoms with Gasteiger partial charge < -0.3 is 15.7 Å². The van der Waals surface area contributed by atoms with Gasteiger partial charge in [-0.2, -0.15) is 0 Å². The number of ether oxygens (including phenoxy) is 1. The van der Waals surface area contributed by atoms with E-state index in [-0.39, 0.29) is 17.6 Å². The molecule has 6 heteroatoms. The minimum atomic E-state index is -0.105. The summed E-state index contributed by atoms with van der Waals surface area (Å²) in [7, 11) is 0. The zero-order valence-electron chi connectivity index (χ0n) is 9.42. The Kier molecular flexibility index (Phi) is 4.50. The van der Waals surface area contributed by atoms with E-state index in [0.717, 1.165) is 12.8 Å². The Bertz CT molecular complexity index is 368. The first-order valence-electron chi connectivity index (χ1n) is 5.14. The third-order valence-electron chi connectivity index (χ3n) is 2.02. The van der Waals surface area contributed by atoms with Crippen molar-refractivity contribution in [3.05, 3.63) is 18.1 Å². The van der Waals surface area contributed by atoms with E-state index in [9.17, 15) is 0 Å². The highest BCUT2D eigenvalue weighted by Crippen LogP contribution is 2.14. The van der Waals surface area contributed by atoms with Crippen LogP contribution in [0.4, 0.5) is 0 Å². The van der Waals surface area contributed by atoms with Crippen molar-refractivity contribution in [2.45, 2.75) is 32.8 Å².